The van der Waals surface area contributed by atoms with Crippen LogP contribution in [0.1, 0.15) is 54.4 Å². The van der Waals surface area contributed by atoms with Gasteiger partial charge in [0, 0.05) is 13.1 Å². The van der Waals surface area contributed by atoms with E-state index in [0.717, 1.165) is 4.90 Å². The minimum atomic E-state index is -1.28. The first-order chi connectivity index (χ1) is 16.2. The van der Waals surface area contributed by atoms with Crippen molar-refractivity contribution in [1.29, 1.82) is 0 Å². The topological polar surface area (TPSA) is 163 Å². The molecule has 12 heteroatoms. The van der Waals surface area contributed by atoms with Crippen molar-refractivity contribution in [2.24, 2.45) is 5.92 Å². The van der Waals surface area contributed by atoms with E-state index >= 15 is 0 Å². The molecule has 0 spiro atoms. The fraction of sp³-hybridized carbons (Fsp3) is 0.652. The lowest BCUT2D eigenvalue weighted by Crippen LogP contribution is -2.58. The molecule has 0 aromatic rings. The van der Waals surface area contributed by atoms with Crippen molar-refractivity contribution in [2.75, 3.05) is 13.1 Å². The molecule has 1 aliphatic rings. The maximum atomic E-state index is 13.3. The van der Waals surface area contributed by atoms with Gasteiger partial charge in [-0.25, -0.2) is 14.5 Å². The molecule has 1 rings (SSSR count). The number of imide groups is 1. The van der Waals surface area contributed by atoms with E-state index in [1.165, 1.54) is 6.08 Å². The maximum Gasteiger partial charge on any atom is 0.408 e. The van der Waals surface area contributed by atoms with E-state index in [1.807, 2.05) is 0 Å². The zero-order valence-electron chi connectivity index (χ0n) is 21.2. The fourth-order valence-corrected chi connectivity index (χ4v) is 3.30. The van der Waals surface area contributed by atoms with Crippen LogP contribution < -0.4 is 21.3 Å². The Bertz CT molecular complexity index is 850. The Morgan fingerprint density at radius 3 is 2.34 bits per heavy atom. The highest BCUT2D eigenvalue weighted by molar-refractivity contribution is 6.38. The van der Waals surface area contributed by atoms with Gasteiger partial charge in [0.05, 0.1) is 6.04 Å². The number of ether oxygens (including phenoxy) is 1. The highest BCUT2D eigenvalue weighted by Gasteiger charge is 2.45. The third-order valence-corrected chi connectivity index (χ3v) is 4.96. The summed E-state index contributed by atoms with van der Waals surface area (Å²) in [5.41, 5.74) is -0.805. The van der Waals surface area contributed by atoms with Gasteiger partial charge in [-0.1, -0.05) is 33.3 Å². The van der Waals surface area contributed by atoms with Gasteiger partial charge in [-0.15, -0.1) is 6.58 Å². The quantitative estimate of drug-likeness (QED) is 0.241. The average molecular weight is 496 g/mol. The summed E-state index contributed by atoms with van der Waals surface area (Å²) in [5.74, 6) is -3.74. The normalized spacial score (nSPS) is 17.2. The van der Waals surface area contributed by atoms with E-state index in [9.17, 15) is 28.8 Å². The molecule has 0 bridgehead atoms. The monoisotopic (exact) mass is 495 g/mol. The molecule has 6 amide bonds. The summed E-state index contributed by atoms with van der Waals surface area (Å²) in [4.78, 5) is 76.3. The number of rotatable bonds is 11. The van der Waals surface area contributed by atoms with Gasteiger partial charge in [0.1, 0.15) is 17.7 Å². The number of amides is 6. The van der Waals surface area contributed by atoms with E-state index in [0.29, 0.717) is 6.42 Å². The first kappa shape index (κ1) is 29.6. The van der Waals surface area contributed by atoms with Gasteiger partial charge < -0.3 is 26.0 Å². The number of alkyl carbamates (subject to hydrolysis) is 1. The van der Waals surface area contributed by atoms with Crippen LogP contribution in [0.2, 0.25) is 0 Å². The SMILES string of the molecule is C=CCNC(=O)C(=O)C(CCC)NC(=O)C1CNC(=O)N1C(=O)C(NC(=O)OC(C)(C)C)C(C)C. The molecule has 0 aliphatic carbocycles. The van der Waals surface area contributed by atoms with Crippen LogP contribution in [0, 0.1) is 5.92 Å². The molecule has 1 aliphatic heterocycles. The summed E-state index contributed by atoms with van der Waals surface area (Å²) in [6, 6.07) is -4.37. The second-order valence-corrected chi connectivity index (χ2v) is 9.49. The number of nitrogens with zero attached hydrogens (tertiary/aromatic N) is 1. The third-order valence-electron chi connectivity index (χ3n) is 4.96. The third kappa shape index (κ3) is 8.69. The van der Waals surface area contributed by atoms with E-state index in [2.05, 4.69) is 27.8 Å². The summed E-state index contributed by atoms with van der Waals surface area (Å²) in [6.07, 6.45) is 1.24. The van der Waals surface area contributed by atoms with Gasteiger partial charge in [-0.3, -0.25) is 19.2 Å². The Balaban J connectivity index is 3.05. The molecule has 4 N–H and O–H groups in total. The molecule has 0 radical (unpaired) electrons. The number of ketones is 1. The largest absolute Gasteiger partial charge is 0.444 e. The lowest BCUT2D eigenvalue weighted by molar-refractivity contribution is -0.141. The van der Waals surface area contributed by atoms with Crippen molar-refractivity contribution in [1.82, 2.24) is 26.2 Å². The first-order valence-electron chi connectivity index (χ1n) is 11.6. The van der Waals surface area contributed by atoms with Crippen LogP contribution in [0.25, 0.3) is 0 Å². The van der Waals surface area contributed by atoms with E-state index in [-0.39, 0.29) is 19.5 Å². The van der Waals surface area contributed by atoms with Gasteiger partial charge in [-0.2, -0.15) is 0 Å². The molecular formula is C23H37N5O7. The van der Waals surface area contributed by atoms with Gasteiger partial charge in [0.15, 0.2) is 0 Å². The molecule has 0 aromatic carbocycles. The highest BCUT2D eigenvalue weighted by atomic mass is 16.6. The number of carbonyl (C=O) groups is 6. The molecular weight excluding hydrogens is 458 g/mol. The molecule has 3 unspecified atom stereocenters. The second-order valence-electron chi connectivity index (χ2n) is 9.49. The average Bonchev–Trinajstić information content (AvgIpc) is 3.14. The Morgan fingerprint density at radius 2 is 1.83 bits per heavy atom. The van der Waals surface area contributed by atoms with Gasteiger partial charge in [0.25, 0.3) is 11.8 Å². The Morgan fingerprint density at radius 1 is 1.20 bits per heavy atom. The maximum absolute atomic E-state index is 13.3. The van der Waals surface area contributed by atoms with Crippen LogP contribution >= 0.6 is 0 Å². The number of nitrogens with one attached hydrogen (secondary N) is 4. The summed E-state index contributed by atoms with van der Waals surface area (Å²) in [7, 11) is 0. The lowest BCUT2D eigenvalue weighted by atomic mass is 10.0. The zero-order chi connectivity index (χ0) is 26.9. The van der Waals surface area contributed by atoms with Crippen LogP contribution in [0.5, 0.6) is 0 Å². The molecule has 0 saturated carbocycles. The van der Waals surface area contributed by atoms with Crippen molar-refractivity contribution in [3.05, 3.63) is 12.7 Å². The van der Waals surface area contributed by atoms with Crippen molar-refractivity contribution >= 4 is 35.6 Å². The molecule has 1 heterocycles. The standard InChI is InChI=1S/C23H37N5O7/c1-8-10-14(17(29)19(31)24-11-9-2)26-18(30)15-12-25-21(33)28(15)20(32)16(13(3)4)27-22(34)35-23(5,6)7/h9,13-16H,2,8,10-12H2,1,3-7H3,(H,24,31)(H,25,33)(H,26,30)(H,27,34). The Kier molecular flexibility index (Phi) is 10.9. The summed E-state index contributed by atoms with van der Waals surface area (Å²) in [5, 5.41) is 9.76. The summed E-state index contributed by atoms with van der Waals surface area (Å²) < 4.78 is 5.21. The van der Waals surface area contributed by atoms with Crippen LogP contribution in [-0.2, 0) is 23.9 Å². The lowest BCUT2D eigenvalue weighted by Gasteiger charge is -2.29. The van der Waals surface area contributed by atoms with Crippen LogP contribution in [-0.4, -0.2) is 77.3 Å². The predicted octanol–water partition coefficient (Wildman–Crippen LogP) is 0.612. The minimum Gasteiger partial charge on any atom is -0.444 e. The van der Waals surface area contributed by atoms with Crippen molar-refractivity contribution in [2.45, 2.75) is 78.1 Å². The van der Waals surface area contributed by atoms with Crippen LogP contribution in [0.4, 0.5) is 9.59 Å². The number of Topliss-reactive ketones (excluding diaryl/α,β-unsaturated/α-hetero) is 1. The van der Waals surface area contributed by atoms with Crippen LogP contribution in [0.15, 0.2) is 12.7 Å². The molecule has 0 aromatic heterocycles. The predicted molar refractivity (Wildman–Crippen MR) is 127 cm³/mol. The van der Waals surface area contributed by atoms with E-state index in [4.69, 9.17) is 4.74 Å². The zero-order valence-corrected chi connectivity index (χ0v) is 21.2. The molecule has 1 fully saturated rings. The molecule has 196 valence electrons. The van der Waals surface area contributed by atoms with Crippen molar-refractivity contribution < 1.29 is 33.5 Å². The molecule has 3 atom stereocenters. The summed E-state index contributed by atoms with van der Waals surface area (Å²) in [6.45, 7) is 13.5. The van der Waals surface area contributed by atoms with Gasteiger partial charge in [0.2, 0.25) is 11.7 Å². The first-order valence-corrected chi connectivity index (χ1v) is 11.6. The van der Waals surface area contributed by atoms with Gasteiger partial charge in [-0.05, 0) is 33.1 Å². The number of carbonyl (C=O) groups excluding carboxylic acids is 6. The van der Waals surface area contributed by atoms with Crippen molar-refractivity contribution in [3.63, 3.8) is 0 Å². The Hall–Kier alpha value is -3.44. The second kappa shape index (κ2) is 12.9. The van der Waals surface area contributed by atoms with E-state index in [1.54, 1.807) is 41.5 Å². The Labute approximate surface area is 205 Å². The van der Waals surface area contributed by atoms with E-state index < -0.39 is 65.3 Å². The fourth-order valence-electron chi connectivity index (χ4n) is 3.30. The number of hydrogen-bond acceptors (Lipinski definition) is 7. The van der Waals surface area contributed by atoms with Crippen LogP contribution in [0.3, 0.4) is 0 Å². The summed E-state index contributed by atoms with van der Waals surface area (Å²) >= 11 is 0. The van der Waals surface area contributed by atoms with Crippen molar-refractivity contribution in [3.8, 4) is 0 Å². The number of hydrogen-bond donors (Lipinski definition) is 4. The highest BCUT2D eigenvalue weighted by Crippen LogP contribution is 2.16. The van der Waals surface area contributed by atoms with Gasteiger partial charge >= 0.3 is 12.1 Å². The smallest absolute Gasteiger partial charge is 0.408 e. The molecule has 1 saturated heterocycles. The molecule has 35 heavy (non-hydrogen) atoms. The molecule has 12 nitrogen and oxygen atoms in total. The number of urea groups is 1. The minimum absolute atomic E-state index is 0.0852.